The van der Waals surface area contributed by atoms with Gasteiger partial charge in [-0.15, -0.1) is 6.42 Å². The number of ether oxygens (including phenoxy) is 1. The Kier molecular flexibility index (Phi) is 3.76. The summed E-state index contributed by atoms with van der Waals surface area (Å²) in [6.07, 6.45) is 5.07. The maximum absolute atomic E-state index is 13.7. The van der Waals surface area contributed by atoms with Crippen LogP contribution in [-0.2, 0) is 0 Å². The Hall–Kier alpha value is -2.41. The van der Waals surface area contributed by atoms with Crippen molar-refractivity contribution in [2.45, 2.75) is 0 Å². The molecule has 0 radical (unpaired) electrons. The van der Waals surface area contributed by atoms with Crippen molar-refractivity contribution in [1.29, 1.82) is 0 Å². The van der Waals surface area contributed by atoms with Gasteiger partial charge >= 0.3 is 0 Å². The molecule has 4 heteroatoms. The SMILES string of the molecule is C#CCOc1ccccc1-c1c(F)cc(F)cc1F. The maximum Gasteiger partial charge on any atom is 0.148 e. The molecular formula is C15H9F3O. The van der Waals surface area contributed by atoms with Crippen molar-refractivity contribution < 1.29 is 17.9 Å². The number of para-hydroxylation sites is 1. The van der Waals surface area contributed by atoms with E-state index in [1.807, 2.05) is 0 Å². The fourth-order valence-electron chi connectivity index (χ4n) is 1.72. The van der Waals surface area contributed by atoms with Crippen LogP contribution < -0.4 is 4.74 Å². The van der Waals surface area contributed by atoms with Gasteiger partial charge in [0.2, 0.25) is 0 Å². The predicted molar refractivity (Wildman–Crippen MR) is 66.1 cm³/mol. The van der Waals surface area contributed by atoms with Gasteiger partial charge in [-0.05, 0) is 6.07 Å². The fourth-order valence-corrected chi connectivity index (χ4v) is 1.72. The van der Waals surface area contributed by atoms with Gasteiger partial charge in [-0.1, -0.05) is 24.1 Å². The van der Waals surface area contributed by atoms with E-state index in [4.69, 9.17) is 11.2 Å². The minimum absolute atomic E-state index is 0.0263. The molecule has 0 heterocycles. The molecule has 0 aliphatic heterocycles. The van der Waals surface area contributed by atoms with E-state index >= 15 is 0 Å². The first-order valence-electron chi connectivity index (χ1n) is 5.43. The van der Waals surface area contributed by atoms with Gasteiger partial charge < -0.3 is 4.74 Å². The first kappa shape index (κ1) is 13.0. The van der Waals surface area contributed by atoms with Gasteiger partial charge in [-0.2, -0.15) is 0 Å². The van der Waals surface area contributed by atoms with E-state index in [1.54, 1.807) is 12.1 Å². The van der Waals surface area contributed by atoms with E-state index in [0.29, 0.717) is 12.1 Å². The Morgan fingerprint density at radius 1 is 1.05 bits per heavy atom. The molecule has 0 atom stereocenters. The molecule has 0 unspecified atom stereocenters. The summed E-state index contributed by atoms with van der Waals surface area (Å²) in [6.45, 7) is -0.0263. The van der Waals surface area contributed by atoms with Crippen LogP contribution in [0.5, 0.6) is 5.75 Å². The monoisotopic (exact) mass is 262 g/mol. The fraction of sp³-hybridized carbons (Fsp3) is 0.0667. The Morgan fingerprint density at radius 2 is 1.68 bits per heavy atom. The summed E-state index contributed by atoms with van der Waals surface area (Å²) in [5, 5.41) is 0. The van der Waals surface area contributed by atoms with Gasteiger partial charge in [0, 0.05) is 17.7 Å². The van der Waals surface area contributed by atoms with E-state index < -0.39 is 17.5 Å². The van der Waals surface area contributed by atoms with Crippen molar-refractivity contribution in [3.05, 3.63) is 53.8 Å². The van der Waals surface area contributed by atoms with Crippen molar-refractivity contribution in [3.8, 4) is 29.2 Å². The Bertz CT molecular complexity index is 621. The second kappa shape index (κ2) is 5.49. The number of hydrogen-bond donors (Lipinski definition) is 0. The Morgan fingerprint density at radius 3 is 2.32 bits per heavy atom. The quantitative estimate of drug-likeness (QED) is 0.765. The second-order valence-electron chi connectivity index (χ2n) is 3.73. The lowest BCUT2D eigenvalue weighted by atomic mass is 10.0. The lowest BCUT2D eigenvalue weighted by molar-refractivity contribution is 0.371. The van der Waals surface area contributed by atoms with Gasteiger partial charge in [0.1, 0.15) is 29.8 Å². The Balaban J connectivity index is 2.56. The third-order valence-electron chi connectivity index (χ3n) is 2.47. The summed E-state index contributed by atoms with van der Waals surface area (Å²) >= 11 is 0. The van der Waals surface area contributed by atoms with Crippen LogP contribution in [0.3, 0.4) is 0 Å². The van der Waals surface area contributed by atoms with Crippen molar-refractivity contribution in [3.63, 3.8) is 0 Å². The summed E-state index contributed by atoms with van der Waals surface area (Å²) < 4.78 is 45.6. The lowest BCUT2D eigenvalue weighted by Gasteiger charge is -2.11. The number of rotatable bonds is 3. The van der Waals surface area contributed by atoms with Crippen LogP contribution in [0.1, 0.15) is 0 Å². The topological polar surface area (TPSA) is 9.23 Å². The van der Waals surface area contributed by atoms with Crippen molar-refractivity contribution in [2.24, 2.45) is 0 Å². The number of benzene rings is 2. The van der Waals surface area contributed by atoms with Crippen molar-refractivity contribution >= 4 is 0 Å². The largest absolute Gasteiger partial charge is 0.480 e. The highest BCUT2D eigenvalue weighted by molar-refractivity contribution is 5.71. The molecule has 0 saturated heterocycles. The summed E-state index contributed by atoms with van der Waals surface area (Å²) in [7, 11) is 0. The number of terminal acetylenes is 1. The first-order chi connectivity index (χ1) is 9.13. The zero-order chi connectivity index (χ0) is 13.8. The van der Waals surface area contributed by atoms with Crippen LogP contribution in [-0.4, -0.2) is 6.61 Å². The minimum Gasteiger partial charge on any atom is -0.480 e. The molecule has 0 N–H and O–H groups in total. The highest BCUT2D eigenvalue weighted by Gasteiger charge is 2.16. The van der Waals surface area contributed by atoms with Crippen LogP contribution in [0.2, 0.25) is 0 Å². The van der Waals surface area contributed by atoms with Crippen molar-refractivity contribution in [1.82, 2.24) is 0 Å². The highest BCUT2D eigenvalue weighted by atomic mass is 19.1. The molecule has 0 aliphatic rings. The van der Waals surface area contributed by atoms with Gasteiger partial charge in [0.25, 0.3) is 0 Å². The molecule has 0 aliphatic carbocycles. The van der Waals surface area contributed by atoms with Gasteiger partial charge in [0.15, 0.2) is 0 Å². The number of halogens is 3. The van der Waals surface area contributed by atoms with Gasteiger partial charge in [-0.25, -0.2) is 13.2 Å². The van der Waals surface area contributed by atoms with Crippen LogP contribution >= 0.6 is 0 Å². The third-order valence-corrected chi connectivity index (χ3v) is 2.47. The average molecular weight is 262 g/mol. The summed E-state index contributed by atoms with van der Waals surface area (Å²) in [6, 6.07) is 7.50. The molecule has 0 aromatic heterocycles. The Labute approximate surface area is 108 Å². The number of hydrogen-bond acceptors (Lipinski definition) is 1. The molecule has 19 heavy (non-hydrogen) atoms. The summed E-state index contributed by atoms with van der Waals surface area (Å²) in [5.41, 5.74) is -0.151. The van der Waals surface area contributed by atoms with Crippen molar-refractivity contribution in [2.75, 3.05) is 6.61 Å². The van der Waals surface area contributed by atoms with Gasteiger partial charge in [-0.3, -0.25) is 0 Å². The van der Waals surface area contributed by atoms with Crippen LogP contribution in [0.25, 0.3) is 11.1 Å². The smallest absolute Gasteiger partial charge is 0.148 e. The average Bonchev–Trinajstić information content (AvgIpc) is 2.36. The molecule has 0 amide bonds. The minimum atomic E-state index is -0.991. The molecule has 0 saturated carbocycles. The van der Waals surface area contributed by atoms with Crippen LogP contribution in [0.4, 0.5) is 13.2 Å². The molecule has 2 rings (SSSR count). The van der Waals surface area contributed by atoms with Gasteiger partial charge in [0.05, 0.1) is 5.56 Å². The molecule has 96 valence electrons. The molecule has 1 nitrogen and oxygen atoms in total. The molecule has 0 fully saturated rings. The van der Waals surface area contributed by atoms with E-state index in [2.05, 4.69) is 5.92 Å². The lowest BCUT2D eigenvalue weighted by Crippen LogP contribution is -1.98. The maximum atomic E-state index is 13.7. The molecular weight excluding hydrogens is 253 g/mol. The van der Waals surface area contributed by atoms with Crippen LogP contribution in [0, 0.1) is 29.8 Å². The normalized spacial score (nSPS) is 10.0. The first-order valence-corrected chi connectivity index (χ1v) is 5.43. The summed E-state index contributed by atoms with van der Waals surface area (Å²) in [5.74, 6) is -0.450. The van der Waals surface area contributed by atoms with E-state index in [0.717, 1.165) is 0 Å². The van der Waals surface area contributed by atoms with Crippen LogP contribution in [0.15, 0.2) is 36.4 Å². The molecule has 2 aromatic carbocycles. The second-order valence-corrected chi connectivity index (χ2v) is 3.73. The third kappa shape index (κ3) is 2.71. The molecule has 0 bridgehead atoms. The molecule has 2 aromatic rings. The standard InChI is InChI=1S/C15H9F3O/c1-2-7-19-14-6-4-3-5-11(14)15-12(17)8-10(16)9-13(15)18/h1,3-6,8-9H,7H2. The molecule has 0 spiro atoms. The summed E-state index contributed by atoms with van der Waals surface area (Å²) in [4.78, 5) is 0. The highest BCUT2D eigenvalue weighted by Crippen LogP contribution is 2.34. The van der Waals surface area contributed by atoms with E-state index in [1.165, 1.54) is 12.1 Å². The van der Waals surface area contributed by atoms with E-state index in [9.17, 15) is 13.2 Å². The zero-order valence-electron chi connectivity index (χ0n) is 9.79. The van der Waals surface area contributed by atoms with E-state index in [-0.39, 0.29) is 23.5 Å². The predicted octanol–water partition coefficient (Wildman–Crippen LogP) is 3.78. The zero-order valence-corrected chi connectivity index (χ0v) is 9.79.